The van der Waals surface area contributed by atoms with Gasteiger partial charge in [-0.1, -0.05) is 13.0 Å². The lowest BCUT2D eigenvalue weighted by Gasteiger charge is -2.35. The quantitative estimate of drug-likeness (QED) is 0.516. The van der Waals surface area contributed by atoms with E-state index < -0.39 is 0 Å². The molecule has 1 aromatic carbocycles. The van der Waals surface area contributed by atoms with Crippen LogP contribution in [0.2, 0.25) is 0 Å². The molecule has 2 N–H and O–H groups in total. The number of amides is 1. The lowest BCUT2D eigenvalue weighted by molar-refractivity contribution is 0.0626. The second-order valence-corrected chi connectivity index (χ2v) is 9.22. The second-order valence-electron chi connectivity index (χ2n) is 9.22. The van der Waals surface area contributed by atoms with Gasteiger partial charge in [0.1, 0.15) is 17.9 Å². The number of pyridine rings is 1. The molecular formula is C27H35N7O2. The van der Waals surface area contributed by atoms with Gasteiger partial charge in [-0.05, 0) is 44.8 Å². The maximum atomic E-state index is 13.4. The predicted molar refractivity (Wildman–Crippen MR) is 142 cm³/mol. The summed E-state index contributed by atoms with van der Waals surface area (Å²) in [4.78, 5) is 33.2. The first-order valence-corrected chi connectivity index (χ1v) is 12.3. The average molecular weight is 490 g/mol. The summed E-state index contributed by atoms with van der Waals surface area (Å²) < 4.78 is 5.69. The first-order chi connectivity index (χ1) is 17.4. The number of aryl methyl sites for hydroxylation is 1. The predicted octanol–water partition coefficient (Wildman–Crippen LogP) is 2.68. The molecular weight excluding hydrogens is 454 g/mol. The van der Waals surface area contributed by atoms with Gasteiger partial charge in [0.15, 0.2) is 0 Å². The molecule has 0 bridgehead atoms. The SMILES string of the molecule is CCc1ncnc(-c2ccc(C(=O)N3CCN(CCN(C)C)CC3)c(OC)c2)c1-c1ccc(N)nc1. The van der Waals surface area contributed by atoms with Gasteiger partial charge in [0.2, 0.25) is 0 Å². The molecule has 1 fully saturated rings. The molecule has 36 heavy (non-hydrogen) atoms. The fourth-order valence-electron chi connectivity index (χ4n) is 4.47. The monoisotopic (exact) mass is 489 g/mol. The molecule has 1 amide bonds. The summed E-state index contributed by atoms with van der Waals surface area (Å²) in [5, 5.41) is 0. The van der Waals surface area contributed by atoms with E-state index in [2.05, 4.69) is 45.8 Å². The Morgan fingerprint density at radius 3 is 2.44 bits per heavy atom. The van der Waals surface area contributed by atoms with Crippen LogP contribution in [-0.2, 0) is 6.42 Å². The van der Waals surface area contributed by atoms with Crippen LogP contribution < -0.4 is 10.5 Å². The van der Waals surface area contributed by atoms with Gasteiger partial charge in [-0.25, -0.2) is 15.0 Å². The molecule has 9 nitrogen and oxygen atoms in total. The van der Waals surface area contributed by atoms with Gasteiger partial charge >= 0.3 is 0 Å². The van der Waals surface area contributed by atoms with E-state index in [0.29, 0.717) is 30.2 Å². The largest absolute Gasteiger partial charge is 0.496 e. The number of aromatic nitrogens is 3. The Balaban J connectivity index is 1.60. The molecule has 190 valence electrons. The molecule has 3 heterocycles. The van der Waals surface area contributed by atoms with E-state index in [1.54, 1.807) is 25.7 Å². The van der Waals surface area contributed by atoms with Crippen LogP contribution in [0.4, 0.5) is 5.82 Å². The van der Waals surface area contributed by atoms with Crippen molar-refractivity contribution in [2.75, 3.05) is 66.2 Å². The molecule has 1 saturated heterocycles. The van der Waals surface area contributed by atoms with E-state index in [1.807, 2.05) is 29.2 Å². The Morgan fingerprint density at radius 1 is 1.06 bits per heavy atom. The number of methoxy groups -OCH3 is 1. The highest BCUT2D eigenvalue weighted by molar-refractivity contribution is 5.98. The first-order valence-electron chi connectivity index (χ1n) is 12.3. The summed E-state index contributed by atoms with van der Waals surface area (Å²) in [6, 6.07) is 9.36. The average Bonchev–Trinajstić information content (AvgIpc) is 2.91. The van der Waals surface area contributed by atoms with Gasteiger partial charge in [0.25, 0.3) is 5.91 Å². The molecule has 0 atom stereocenters. The van der Waals surface area contributed by atoms with E-state index in [1.165, 1.54) is 0 Å². The van der Waals surface area contributed by atoms with Crippen LogP contribution in [0.1, 0.15) is 23.0 Å². The summed E-state index contributed by atoms with van der Waals surface area (Å²) in [6.07, 6.45) is 4.05. The van der Waals surface area contributed by atoms with Crippen LogP contribution in [0.15, 0.2) is 42.9 Å². The molecule has 0 unspecified atom stereocenters. The minimum atomic E-state index is -0.00875. The van der Waals surface area contributed by atoms with Crippen molar-refractivity contribution >= 4 is 11.7 Å². The number of nitrogen functional groups attached to an aromatic ring is 1. The zero-order chi connectivity index (χ0) is 25.7. The number of ether oxygens (including phenoxy) is 1. The van der Waals surface area contributed by atoms with E-state index in [-0.39, 0.29) is 5.91 Å². The van der Waals surface area contributed by atoms with Crippen LogP contribution >= 0.6 is 0 Å². The number of anilines is 1. The summed E-state index contributed by atoms with van der Waals surface area (Å²) in [5.41, 5.74) is 10.7. The fourth-order valence-corrected chi connectivity index (χ4v) is 4.47. The number of piperazine rings is 1. The molecule has 2 aromatic heterocycles. The van der Waals surface area contributed by atoms with Gasteiger partial charge in [0, 0.05) is 62.2 Å². The number of benzene rings is 1. The zero-order valence-corrected chi connectivity index (χ0v) is 21.6. The maximum absolute atomic E-state index is 13.4. The first kappa shape index (κ1) is 25.5. The number of likely N-dealkylation sites (N-methyl/N-ethyl adjacent to an activating group) is 1. The number of carbonyl (C=O) groups is 1. The Bertz CT molecular complexity index is 1190. The minimum Gasteiger partial charge on any atom is -0.496 e. The number of rotatable bonds is 8. The van der Waals surface area contributed by atoms with E-state index in [9.17, 15) is 4.79 Å². The zero-order valence-electron chi connectivity index (χ0n) is 21.6. The topological polar surface area (TPSA) is 101 Å². The molecule has 1 aliphatic heterocycles. The van der Waals surface area contributed by atoms with E-state index in [0.717, 1.165) is 60.7 Å². The van der Waals surface area contributed by atoms with Crippen LogP contribution in [0.25, 0.3) is 22.4 Å². The molecule has 0 aliphatic carbocycles. The Hall–Kier alpha value is -3.56. The van der Waals surface area contributed by atoms with Crippen LogP contribution in [0.5, 0.6) is 5.75 Å². The summed E-state index contributed by atoms with van der Waals surface area (Å²) in [6.45, 7) is 7.24. The molecule has 1 aliphatic rings. The number of nitrogens with zero attached hydrogens (tertiary/aromatic N) is 6. The van der Waals surface area contributed by atoms with Crippen molar-refractivity contribution in [3.63, 3.8) is 0 Å². The normalized spacial score (nSPS) is 14.3. The molecule has 0 saturated carbocycles. The standard InChI is InChI=1S/C27H35N7O2/c1-5-22-25(20-7-9-24(28)29-17-20)26(31-18-30-22)19-6-8-21(23(16-19)36-4)27(35)34-14-12-33(13-15-34)11-10-32(2)3/h6-9,16-18H,5,10-15H2,1-4H3,(H2,28,29). The van der Waals surface area contributed by atoms with E-state index in [4.69, 9.17) is 10.5 Å². The summed E-state index contributed by atoms with van der Waals surface area (Å²) in [7, 11) is 5.75. The highest BCUT2D eigenvalue weighted by atomic mass is 16.5. The third kappa shape index (κ3) is 5.63. The highest BCUT2D eigenvalue weighted by Crippen LogP contribution is 2.35. The second kappa shape index (κ2) is 11.5. The van der Waals surface area contributed by atoms with E-state index >= 15 is 0 Å². The Morgan fingerprint density at radius 2 is 1.81 bits per heavy atom. The van der Waals surface area contributed by atoms with Crippen LogP contribution in [0.3, 0.4) is 0 Å². The minimum absolute atomic E-state index is 0.00875. The molecule has 4 rings (SSSR count). The number of carbonyl (C=O) groups excluding carboxylic acids is 1. The van der Waals surface area contributed by atoms with Crippen molar-refractivity contribution in [3.05, 3.63) is 54.1 Å². The summed E-state index contributed by atoms with van der Waals surface area (Å²) >= 11 is 0. The van der Waals surface area contributed by atoms with Crippen LogP contribution in [0, 0.1) is 0 Å². The molecule has 9 heteroatoms. The van der Waals surface area contributed by atoms with Crippen molar-refractivity contribution in [2.24, 2.45) is 0 Å². The van der Waals surface area contributed by atoms with Gasteiger partial charge in [0.05, 0.1) is 24.1 Å². The van der Waals surface area contributed by atoms with Gasteiger partial charge in [-0.3, -0.25) is 9.69 Å². The fraction of sp³-hybridized carbons (Fsp3) is 0.407. The van der Waals surface area contributed by atoms with Crippen molar-refractivity contribution in [1.82, 2.24) is 29.7 Å². The van der Waals surface area contributed by atoms with Gasteiger partial charge < -0.3 is 20.3 Å². The number of hydrogen-bond donors (Lipinski definition) is 1. The summed E-state index contributed by atoms with van der Waals surface area (Å²) in [5.74, 6) is 0.981. The lowest BCUT2D eigenvalue weighted by Crippen LogP contribution is -2.50. The molecule has 3 aromatic rings. The van der Waals surface area contributed by atoms with Crippen molar-refractivity contribution in [2.45, 2.75) is 13.3 Å². The smallest absolute Gasteiger partial charge is 0.257 e. The molecule has 0 spiro atoms. The van der Waals surface area contributed by atoms with Gasteiger partial charge in [-0.15, -0.1) is 0 Å². The maximum Gasteiger partial charge on any atom is 0.257 e. The highest BCUT2D eigenvalue weighted by Gasteiger charge is 2.25. The Kier molecular flexibility index (Phi) is 8.12. The third-order valence-electron chi connectivity index (χ3n) is 6.56. The van der Waals surface area contributed by atoms with Crippen molar-refractivity contribution in [1.29, 1.82) is 0 Å². The van der Waals surface area contributed by atoms with Gasteiger partial charge in [-0.2, -0.15) is 0 Å². The third-order valence-corrected chi connectivity index (χ3v) is 6.56. The van der Waals surface area contributed by atoms with Crippen LogP contribution in [-0.4, -0.2) is 96.0 Å². The van der Waals surface area contributed by atoms with Crippen molar-refractivity contribution < 1.29 is 9.53 Å². The molecule has 0 radical (unpaired) electrons. The lowest BCUT2D eigenvalue weighted by atomic mass is 9.96. The Labute approximate surface area is 212 Å². The van der Waals surface area contributed by atoms with Crippen molar-refractivity contribution in [3.8, 4) is 28.1 Å². The number of hydrogen-bond acceptors (Lipinski definition) is 8. The number of nitrogens with two attached hydrogens (primary N) is 1.